The summed E-state index contributed by atoms with van der Waals surface area (Å²) in [6, 6.07) is 1.84. The smallest absolute Gasteiger partial charge is 0.410 e. The third-order valence-electron chi connectivity index (χ3n) is 3.00. The summed E-state index contributed by atoms with van der Waals surface area (Å²) in [6.45, 7) is 6.90. The molecule has 19 heavy (non-hydrogen) atoms. The minimum absolute atomic E-state index is 0.258. The van der Waals surface area contributed by atoms with E-state index in [-0.39, 0.29) is 12.0 Å². The lowest BCUT2D eigenvalue weighted by atomic mass is 9.92. The molecule has 0 N–H and O–H groups in total. The Bertz CT molecular complexity index is 462. The van der Waals surface area contributed by atoms with Crippen molar-refractivity contribution in [1.82, 2.24) is 9.88 Å². The molecule has 0 unspecified atom stereocenters. The van der Waals surface area contributed by atoms with Crippen LogP contribution in [0.15, 0.2) is 18.5 Å². The van der Waals surface area contributed by atoms with E-state index in [9.17, 15) is 4.79 Å². The zero-order chi connectivity index (χ0) is 14.0. The van der Waals surface area contributed by atoms with Crippen LogP contribution in [0.2, 0.25) is 0 Å². The first-order valence-electron chi connectivity index (χ1n) is 6.36. The fraction of sp³-hybridized carbons (Fsp3) is 0.571. The van der Waals surface area contributed by atoms with Gasteiger partial charge in [0.15, 0.2) is 0 Å². The van der Waals surface area contributed by atoms with Crippen LogP contribution >= 0.6 is 0 Å². The average Bonchev–Trinajstić information content (AvgIpc) is 2.25. The molecule has 0 atom stereocenters. The molecule has 104 valence electrons. The highest BCUT2D eigenvalue weighted by Crippen LogP contribution is 2.33. The van der Waals surface area contributed by atoms with Gasteiger partial charge in [-0.05, 0) is 26.8 Å². The van der Waals surface area contributed by atoms with Gasteiger partial charge in [-0.25, -0.2) is 4.79 Å². The lowest BCUT2D eigenvalue weighted by molar-refractivity contribution is 0.00798. The second kappa shape index (κ2) is 5.07. The molecule has 1 aromatic heterocycles. The van der Waals surface area contributed by atoms with E-state index in [0.717, 1.165) is 11.3 Å². The van der Waals surface area contributed by atoms with Crippen LogP contribution in [-0.2, 0) is 4.74 Å². The molecular formula is C14H20N2O3. The summed E-state index contributed by atoms with van der Waals surface area (Å²) >= 11 is 0. The second-order valence-electron chi connectivity index (χ2n) is 5.70. The molecule has 0 bridgehead atoms. The predicted octanol–water partition coefficient (Wildman–Crippen LogP) is 2.42. The molecule has 0 aliphatic carbocycles. The number of methoxy groups -OCH3 is 1. The van der Waals surface area contributed by atoms with Gasteiger partial charge in [0.05, 0.1) is 7.11 Å². The summed E-state index contributed by atoms with van der Waals surface area (Å²) in [7, 11) is 1.64. The lowest BCUT2D eigenvalue weighted by Crippen LogP contribution is -2.50. The van der Waals surface area contributed by atoms with Crippen LogP contribution in [0.1, 0.15) is 32.3 Å². The van der Waals surface area contributed by atoms with Crippen LogP contribution in [0.25, 0.3) is 0 Å². The Morgan fingerprint density at radius 3 is 2.68 bits per heavy atom. The Morgan fingerprint density at radius 1 is 1.42 bits per heavy atom. The number of carbonyl (C=O) groups excluding carboxylic acids is 1. The minimum atomic E-state index is -0.450. The van der Waals surface area contributed by atoms with Crippen molar-refractivity contribution < 1.29 is 14.3 Å². The molecule has 1 saturated heterocycles. The van der Waals surface area contributed by atoms with E-state index < -0.39 is 5.60 Å². The summed E-state index contributed by atoms with van der Waals surface area (Å²) in [5, 5.41) is 0. The topological polar surface area (TPSA) is 51.7 Å². The van der Waals surface area contributed by atoms with Crippen molar-refractivity contribution in [3.05, 3.63) is 24.0 Å². The van der Waals surface area contributed by atoms with E-state index in [1.54, 1.807) is 24.4 Å². The van der Waals surface area contributed by atoms with Crippen molar-refractivity contribution in [3.8, 4) is 5.75 Å². The van der Waals surface area contributed by atoms with E-state index in [2.05, 4.69) is 4.98 Å². The molecule has 1 amide bonds. The first-order chi connectivity index (χ1) is 8.90. The highest BCUT2D eigenvalue weighted by molar-refractivity contribution is 5.69. The quantitative estimate of drug-likeness (QED) is 0.823. The first-order valence-corrected chi connectivity index (χ1v) is 6.36. The molecule has 2 heterocycles. The number of hydrogen-bond acceptors (Lipinski definition) is 4. The van der Waals surface area contributed by atoms with Crippen LogP contribution < -0.4 is 4.74 Å². The molecule has 1 aromatic rings. The Morgan fingerprint density at radius 2 is 2.11 bits per heavy atom. The molecule has 0 aromatic carbocycles. The van der Waals surface area contributed by atoms with Crippen molar-refractivity contribution >= 4 is 6.09 Å². The largest absolute Gasteiger partial charge is 0.496 e. The van der Waals surface area contributed by atoms with Crippen molar-refractivity contribution in [2.45, 2.75) is 32.3 Å². The average molecular weight is 264 g/mol. The summed E-state index contributed by atoms with van der Waals surface area (Å²) in [6.07, 6.45) is 3.24. The summed E-state index contributed by atoms with van der Waals surface area (Å²) in [5.74, 6) is 1.10. The van der Waals surface area contributed by atoms with Crippen molar-refractivity contribution in [3.63, 3.8) is 0 Å². The van der Waals surface area contributed by atoms with Gasteiger partial charge in [0.1, 0.15) is 11.4 Å². The molecule has 5 heteroatoms. The molecule has 0 saturated carbocycles. The Labute approximate surface area is 113 Å². The summed E-state index contributed by atoms with van der Waals surface area (Å²) in [4.78, 5) is 17.6. The molecule has 5 nitrogen and oxygen atoms in total. The predicted molar refractivity (Wildman–Crippen MR) is 71.3 cm³/mol. The highest BCUT2D eigenvalue weighted by atomic mass is 16.6. The molecule has 0 radical (unpaired) electrons. The Kier molecular flexibility index (Phi) is 3.64. The van der Waals surface area contributed by atoms with Crippen molar-refractivity contribution in [1.29, 1.82) is 0 Å². The fourth-order valence-corrected chi connectivity index (χ4v) is 2.04. The fourth-order valence-electron chi connectivity index (χ4n) is 2.04. The molecule has 1 aliphatic heterocycles. The number of carbonyl (C=O) groups is 1. The van der Waals surface area contributed by atoms with Gasteiger partial charge < -0.3 is 14.4 Å². The molecular weight excluding hydrogens is 244 g/mol. The molecule has 2 rings (SSSR count). The van der Waals surface area contributed by atoms with Gasteiger partial charge in [0.2, 0.25) is 0 Å². The van der Waals surface area contributed by atoms with Gasteiger partial charge in [-0.1, -0.05) is 0 Å². The maximum absolute atomic E-state index is 11.8. The maximum atomic E-state index is 11.8. The van der Waals surface area contributed by atoms with Crippen molar-refractivity contribution in [2.24, 2.45) is 0 Å². The number of aromatic nitrogens is 1. The monoisotopic (exact) mass is 264 g/mol. The van der Waals surface area contributed by atoms with E-state index >= 15 is 0 Å². The van der Waals surface area contributed by atoms with Gasteiger partial charge >= 0.3 is 6.09 Å². The molecule has 1 fully saturated rings. The van der Waals surface area contributed by atoms with E-state index in [4.69, 9.17) is 9.47 Å². The van der Waals surface area contributed by atoms with Gasteiger partial charge in [0.25, 0.3) is 0 Å². The van der Waals surface area contributed by atoms with Gasteiger partial charge in [-0.15, -0.1) is 0 Å². The first kappa shape index (κ1) is 13.6. The molecule has 0 spiro atoms. The standard InChI is InChI=1S/C14H20N2O3/c1-14(2,3)19-13(17)16-8-10(9-16)11-7-15-6-5-12(11)18-4/h5-7,10H,8-9H2,1-4H3. The Balaban J connectivity index is 1.94. The van der Waals surface area contributed by atoms with Crippen LogP contribution in [0, 0.1) is 0 Å². The Hall–Kier alpha value is -1.78. The number of likely N-dealkylation sites (tertiary alicyclic amines) is 1. The van der Waals surface area contributed by atoms with E-state index in [0.29, 0.717) is 13.1 Å². The zero-order valence-electron chi connectivity index (χ0n) is 11.8. The normalized spacial score (nSPS) is 15.9. The molecule has 1 aliphatic rings. The van der Waals surface area contributed by atoms with Crippen LogP contribution in [0.5, 0.6) is 5.75 Å². The highest BCUT2D eigenvalue weighted by Gasteiger charge is 2.35. The van der Waals surface area contributed by atoms with Gasteiger partial charge in [-0.3, -0.25) is 4.98 Å². The zero-order valence-corrected chi connectivity index (χ0v) is 11.8. The lowest BCUT2D eigenvalue weighted by Gasteiger charge is -2.40. The van der Waals surface area contributed by atoms with E-state index in [1.807, 2.05) is 26.8 Å². The number of pyridine rings is 1. The minimum Gasteiger partial charge on any atom is -0.496 e. The third kappa shape index (κ3) is 3.16. The van der Waals surface area contributed by atoms with Crippen LogP contribution in [0.3, 0.4) is 0 Å². The van der Waals surface area contributed by atoms with Gasteiger partial charge in [-0.2, -0.15) is 0 Å². The van der Waals surface area contributed by atoms with Crippen LogP contribution in [-0.4, -0.2) is 41.8 Å². The number of amides is 1. The maximum Gasteiger partial charge on any atom is 0.410 e. The summed E-state index contributed by atoms with van der Waals surface area (Å²) in [5.41, 5.74) is 0.596. The van der Waals surface area contributed by atoms with Crippen LogP contribution in [0.4, 0.5) is 4.79 Å². The summed E-state index contributed by atoms with van der Waals surface area (Å²) < 4.78 is 10.6. The second-order valence-corrected chi connectivity index (χ2v) is 5.70. The third-order valence-corrected chi connectivity index (χ3v) is 3.00. The van der Waals surface area contributed by atoms with Gasteiger partial charge in [0, 0.05) is 37.0 Å². The number of hydrogen-bond donors (Lipinski definition) is 0. The van der Waals surface area contributed by atoms with Crippen molar-refractivity contribution in [2.75, 3.05) is 20.2 Å². The SMILES string of the molecule is COc1ccncc1C1CN(C(=O)OC(C)(C)C)C1. The number of nitrogens with zero attached hydrogens (tertiary/aromatic N) is 2. The number of ether oxygens (including phenoxy) is 2. The number of rotatable bonds is 2. The van der Waals surface area contributed by atoms with E-state index in [1.165, 1.54) is 0 Å².